The molecule has 11 heteroatoms. The lowest BCUT2D eigenvalue weighted by Crippen LogP contribution is -2.72. The van der Waals surface area contributed by atoms with Crippen molar-refractivity contribution in [2.75, 3.05) is 45.2 Å². The van der Waals surface area contributed by atoms with Gasteiger partial charge in [0.15, 0.2) is 0 Å². The van der Waals surface area contributed by atoms with Crippen molar-refractivity contribution >= 4 is 17.5 Å². The molecule has 2 bridgehead atoms. The number of amides is 2. The molecule has 1 spiro atoms. The van der Waals surface area contributed by atoms with E-state index < -0.39 is 0 Å². The average Bonchev–Trinajstić information content (AvgIpc) is 3.65. The highest BCUT2D eigenvalue weighted by Crippen LogP contribution is 2.52. The van der Waals surface area contributed by atoms with Crippen molar-refractivity contribution in [1.82, 2.24) is 35.8 Å². The number of fused-ring (bicyclic) bond motifs is 7. The summed E-state index contributed by atoms with van der Waals surface area (Å²) in [6.45, 7) is 4.07. The number of carbonyl (C=O) groups is 2. The molecule has 1 aliphatic carbocycles. The molecule has 1 aromatic rings. The van der Waals surface area contributed by atoms with Crippen LogP contribution in [0.1, 0.15) is 43.2 Å². The highest BCUT2D eigenvalue weighted by atomic mass is 16.5. The monoisotopic (exact) mass is 548 g/mol. The number of morpholine rings is 1. The first-order valence-corrected chi connectivity index (χ1v) is 15.0. The number of hydrazine groups is 1. The summed E-state index contributed by atoms with van der Waals surface area (Å²) in [6.07, 6.45) is 8.57. The quantitative estimate of drug-likeness (QED) is 0.388. The normalized spacial score (nSPS) is 37.8. The number of ether oxygens (including phenoxy) is 1. The summed E-state index contributed by atoms with van der Waals surface area (Å²) < 4.78 is 5.92. The topological polar surface area (TPSA) is 104 Å². The molecule has 6 aliphatic heterocycles. The molecule has 5 fully saturated rings. The first-order valence-electron chi connectivity index (χ1n) is 15.0. The maximum absolute atomic E-state index is 13.7. The molecular formula is C29H40N8O3. The number of rotatable bonds is 2. The van der Waals surface area contributed by atoms with Gasteiger partial charge in [-0.05, 0) is 62.4 Å². The van der Waals surface area contributed by atoms with Crippen molar-refractivity contribution in [1.29, 1.82) is 0 Å². The van der Waals surface area contributed by atoms with Crippen molar-refractivity contribution in [2.24, 2.45) is 5.92 Å². The Kier molecular flexibility index (Phi) is 5.98. The van der Waals surface area contributed by atoms with Gasteiger partial charge in [0.25, 0.3) is 0 Å². The lowest BCUT2D eigenvalue weighted by atomic mass is 9.87. The molecule has 1 saturated carbocycles. The molecule has 0 aromatic heterocycles. The Morgan fingerprint density at radius 3 is 2.88 bits per heavy atom. The number of hydrogen-bond donors (Lipinski definition) is 4. The average molecular weight is 549 g/mol. The Morgan fingerprint density at radius 2 is 2.00 bits per heavy atom. The SMILES string of the molecule is CN1Cc2cc(NC3NCC4C(=O)N5C/C=C\CCN6C(=O)COC7CCC(NC76)N5C4N3)ccc2C2(CC2)C1. The number of anilines is 1. The van der Waals surface area contributed by atoms with Gasteiger partial charge in [-0.25, -0.2) is 0 Å². The predicted molar refractivity (Wildman–Crippen MR) is 148 cm³/mol. The summed E-state index contributed by atoms with van der Waals surface area (Å²) in [5.41, 5.74) is 4.40. The molecule has 1 aromatic carbocycles. The Labute approximate surface area is 235 Å². The largest absolute Gasteiger partial charge is 0.365 e. The molecule has 214 valence electrons. The summed E-state index contributed by atoms with van der Waals surface area (Å²) in [5.74, 6) is -0.0285. The second-order valence-corrected chi connectivity index (χ2v) is 12.7. The summed E-state index contributed by atoms with van der Waals surface area (Å²) in [7, 11) is 2.22. The molecule has 6 heterocycles. The maximum Gasteiger partial charge on any atom is 0.249 e. The molecule has 8 rings (SSSR count). The second kappa shape index (κ2) is 9.50. The summed E-state index contributed by atoms with van der Waals surface area (Å²) >= 11 is 0. The summed E-state index contributed by atoms with van der Waals surface area (Å²) in [6, 6.07) is 6.84. The van der Waals surface area contributed by atoms with Crippen LogP contribution in [0.25, 0.3) is 0 Å². The van der Waals surface area contributed by atoms with Crippen LogP contribution in [0.3, 0.4) is 0 Å². The number of carbonyl (C=O) groups excluding carboxylic acids is 2. The van der Waals surface area contributed by atoms with Crippen molar-refractivity contribution in [2.45, 2.75) is 75.0 Å². The van der Waals surface area contributed by atoms with E-state index in [1.54, 1.807) is 0 Å². The van der Waals surface area contributed by atoms with Gasteiger partial charge < -0.3 is 19.9 Å². The molecule has 0 radical (unpaired) electrons. The van der Waals surface area contributed by atoms with Gasteiger partial charge in [0, 0.05) is 37.3 Å². The highest BCUT2D eigenvalue weighted by molar-refractivity contribution is 5.82. The number of nitrogens with one attached hydrogen (secondary N) is 4. The highest BCUT2D eigenvalue weighted by Gasteiger charge is 2.54. The van der Waals surface area contributed by atoms with E-state index in [4.69, 9.17) is 4.74 Å². The zero-order chi connectivity index (χ0) is 27.0. The van der Waals surface area contributed by atoms with Crippen LogP contribution in [-0.2, 0) is 26.3 Å². The Balaban J connectivity index is 1.04. The molecule has 7 aliphatic rings. The van der Waals surface area contributed by atoms with Crippen molar-refractivity contribution < 1.29 is 14.3 Å². The van der Waals surface area contributed by atoms with Crippen molar-refractivity contribution in [3.8, 4) is 0 Å². The second-order valence-electron chi connectivity index (χ2n) is 12.7. The van der Waals surface area contributed by atoms with E-state index in [9.17, 15) is 9.59 Å². The Hall–Kier alpha value is -2.54. The van der Waals surface area contributed by atoms with Crippen LogP contribution >= 0.6 is 0 Å². The van der Waals surface area contributed by atoms with Gasteiger partial charge in [0.2, 0.25) is 11.8 Å². The van der Waals surface area contributed by atoms with Crippen LogP contribution in [0.15, 0.2) is 30.4 Å². The van der Waals surface area contributed by atoms with Crippen LogP contribution in [0, 0.1) is 5.92 Å². The number of likely N-dealkylation sites (N-methyl/N-ethyl adjacent to an activating group) is 1. The Bertz CT molecular complexity index is 1240. The molecule has 4 saturated heterocycles. The van der Waals surface area contributed by atoms with E-state index in [1.165, 1.54) is 24.0 Å². The predicted octanol–water partition coefficient (Wildman–Crippen LogP) is 0.276. The van der Waals surface area contributed by atoms with E-state index >= 15 is 0 Å². The first-order chi connectivity index (χ1) is 19.5. The van der Waals surface area contributed by atoms with Crippen LogP contribution in [0.4, 0.5) is 5.69 Å². The first kappa shape index (κ1) is 25.2. The van der Waals surface area contributed by atoms with Gasteiger partial charge in [-0.1, -0.05) is 18.2 Å². The van der Waals surface area contributed by atoms with E-state index in [0.717, 1.165) is 38.0 Å². The van der Waals surface area contributed by atoms with Crippen LogP contribution < -0.4 is 21.3 Å². The number of piperidine rings is 1. The summed E-state index contributed by atoms with van der Waals surface area (Å²) in [4.78, 5) is 30.8. The van der Waals surface area contributed by atoms with Crippen LogP contribution in [0.5, 0.6) is 0 Å². The van der Waals surface area contributed by atoms with Gasteiger partial charge in [-0.15, -0.1) is 0 Å². The molecule has 11 nitrogen and oxygen atoms in total. The summed E-state index contributed by atoms with van der Waals surface area (Å²) in [5, 5.41) is 18.8. The lowest BCUT2D eigenvalue weighted by molar-refractivity contribution is -0.175. The fraction of sp³-hybridized carbons (Fsp3) is 0.655. The molecule has 6 unspecified atom stereocenters. The van der Waals surface area contributed by atoms with Crippen molar-refractivity contribution in [3.63, 3.8) is 0 Å². The van der Waals surface area contributed by atoms with Crippen LogP contribution in [-0.4, -0.2) is 102 Å². The third kappa shape index (κ3) is 4.09. The minimum atomic E-state index is -0.193. The van der Waals surface area contributed by atoms with Gasteiger partial charge in [-0.3, -0.25) is 30.5 Å². The lowest BCUT2D eigenvalue weighted by Gasteiger charge is -2.50. The fourth-order valence-electron chi connectivity index (χ4n) is 8.03. The van der Waals surface area contributed by atoms with Gasteiger partial charge in [0.05, 0.1) is 30.9 Å². The van der Waals surface area contributed by atoms with Crippen LogP contribution in [0.2, 0.25) is 0 Å². The molecular weight excluding hydrogens is 508 g/mol. The van der Waals surface area contributed by atoms with Gasteiger partial charge in [-0.2, -0.15) is 5.01 Å². The zero-order valence-corrected chi connectivity index (χ0v) is 23.1. The third-order valence-electron chi connectivity index (χ3n) is 10.1. The molecule has 2 amide bonds. The maximum atomic E-state index is 13.7. The minimum Gasteiger partial charge on any atom is -0.365 e. The third-order valence-corrected chi connectivity index (χ3v) is 10.1. The zero-order valence-electron chi connectivity index (χ0n) is 23.1. The minimum absolute atomic E-state index is 0.0190. The van der Waals surface area contributed by atoms with Crippen molar-refractivity contribution in [3.05, 3.63) is 41.5 Å². The number of nitrogens with zero attached hydrogens (tertiary/aromatic N) is 4. The van der Waals surface area contributed by atoms with E-state index in [2.05, 4.69) is 68.6 Å². The molecule has 6 atom stereocenters. The smallest absolute Gasteiger partial charge is 0.249 e. The number of benzene rings is 1. The van der Waals surface area contributed by atoms with E-state index in [0.29, 0.717) is 25.0 Å². The van der Waals surface area contributed by atoms with E-state index in [-0.39, 0.29) is 55.2 Å². The molecule has 4 N–H and O–H groups in total. The van der Waals surface area contributed by atoms with Gasteiger partial charge >= 0.3 is 0 Å². The Morgan fingerprint density at radius 1 is 1.10 bits per heavy atom. The van der Waals surface area contributed by atoms with Gasteiger partial charge in [0.1, 0.15) is 19.1 Å². The molecule has 40 heavy (non-hydrogen) atoms. The number of hydrogen-bond acceptors (Lipinski definition) is 9. The van der Waals surface area contributed by atoms with E-state index in [1.807, 2.05) is 9.91 Å². The fourth-order valence-corrected chi connectivity index (χ4v) is 8.03. The standard InChI is InChI=1S/C29H40N8O3/c1-34-15-18-13-19(5-6-21(18)29(17-34)9-10-29)31-28-30-14-20-25(33-28)37-23-8-7-22-26(32-23)35(24(38)16-40-22)11-3-2-4-12-36(37)27(20)39/h2,4-6,13,20,22-23,25-26,28,30-33H,3,7-12,14-17H2,1H3/b4-2-.